The van der Waals surface area contributed by atoms with E-state index in [1.807, 2.05) is 145 Å². The molecule has 0 atom stereocenters. The highest BCUT2D eigenvalue weighted by molar-refractivity contribution is 7.86. The zero-order valence-corrected chi connectivity index (χ0v) is 36.9. The quantitative estimate of drug-likeness (QED) is 0.0618. The van der Waals surface area contributed by atoms with Crippen LogP contribution in [0.1, 0.15) is 33.4 Å². The van der Waals surface area contributed by atoms with Gasteiger partial charge < -0.3 is 31.0 Å². The van der Waals surface area contributed by atoms with Gasteiger partial charge in [0.15, 0.2) is 0 Å². The first-order valence-corrected chi connectivity index (χ1v) is 22.0. The molecule has 0 aromatic heterocycles. The topological polar surface area (TPSA) is 174 Å². The lowest BCUT2D eigenvalue weighted by Crippen LogP contribution is -2.21. The minimum absolute atomic E-state index is 0.246. The largest absolute Gasteiger partial charge is 0.456 e. The number of nitrogens with zero attached hydrogens (tertiary/aromatic N) is 1. The number of carbonyl (C=O) groups excluding carboxylic acids is 2. The monoisotopic (exact) mass is 870 g/mol. The average molecular weight is 871 g/mol. The van der Waals surface area contributed by atoms with Crippen LogP contribution in [0.15, 0.2) is 148 Å². The summed E-state index contributed by atoms with van der Waals surface area (Å²) < 4.78 is 42.7. The van der Waals surface area contributed by atoms with Crippen molar-refractivity contribution in [3.8, 4) is 22.5 Å². The SMILES string of the molecule is Cc1cc(C)c(NC(=O)Nc2ccccc2)c(C)c1/N=c1\ccc2c(-c3ccccc3S(=O)(=O)O)c3ccc(Nc4c(C)cc(C)c(NC(=O)Nc5ccccc5)c4C)cc3oc-2c1. The molecule has 0 saturated carbocycles. The van der Waals surface area contributed by atoms with Crippen LogP contribution in [0.5, 0.6) is 0 Å². The Balaban J connectivity index is 1.22. The fourth-order valence-electron chi connectivity index (χ4n) is 8.19. The van der Waals surface area contributed by atoms with E-state index in [1.54, 1.807) is 24.3 Å². The van der Waals surface area contributed by atoms with Crippen molar-refractivity contribution >= 4 is 73.0 Å². The van der Waals surface area contributed by atoms with Gasteiger partial charge in [-0.15, -0.1) is 0 Å². The molecule has 6 aromatic rings. The first-order chi connectivity index (χ1) is 30.6. The number of carbonyl (C=O) groups is 2. The van der Waals surface area contributed by atoms with Crippen molar-refractivity contribution in [3.63, 3.8) is 0 Å². The molecule has 0 unspecified atom stereocenters. The van der Waals surface area contributed by atoms with Crippen LogP contribution in [0.4, 0.5) is 49.4 Å². The maximum Gasteiger partial charge on any atom is 0.323 e. The third-order valence-electron chi connectivity index (χ3n) is 11.1. The molecule has 322 valence electrons. The average Bonchev–Trinajstić information content (AvgIpc) is 3.26. The van der Waals surface area contributed by atoms with E-state index in [2.05, 4.69) is 26.6 Å². The normalized spacial score (nSPS) is 11.7. The number of hydrogen-bond acceptors (Lipinski definition) is 7. The number of hydrogen-bond donors (Lipinski definition) is 6. The van der Waals surface area contributed by atoms with Gasteiger partial charge in [0.05, 0.1) is 22.4 Å². The summed E-state index contributed by atoms with van der Waals surface area (Å²) in [5, 5.41) is 16.5. The first kappa shape index (κ1) is 42.9. The number of aryl methyl sites for hydroxylation is 4. The second-order valence-corrected chi connectivity index (χ2v) is 17.1. The fraction of sp³-hybridized carbons (Fsp3) is 0.118. The van der Waals surface area contributed by atoms with Gasteiger partial charge in [0.1, 0.15) is 16.2 Å². The Kier molecular flexibility index (Phi) is 11.8. The molecule has 2 aliphatic rings. The summed E-state index contributed by atoms with van der Waals surface area (Å²) in [6.45, 7) is 11.7. The molecule has 1 aliphatic heterocycles. The molecule has 0 spiro atoms. The Hall–Kier alpha value is -7.74. The minimum atomic E-state index is -4.63. The predicted molar refractivity (Wildman–Crippen MR) is 256 cm³/mol. The summed E-state index contributed by atoms with van der Waals surface area (Å²) >= 11 is 0. The highest BCUT2D eigenvalue weighted by atomic mass is 32.2. The van der Waals surface area contributed by atoms with Gasteiger partial charge in [0.25, 0.3) is 10.1 Å². The second kappa shape index (κ2) is 17.6. The van der Waals surface area contributed by atoms with Crippen LogP contribution in [0.3, 0.4) is 0 Å². The maximum absolute atomic E-state index is 13.1. The molecular weight excluding hydrogens is 825 g/mol. The molecule has 6 N–H and O–H groups in total. The zero-order valence-electron chi connectivity index (χ0n) is 36.0. The number of amides is 4. The molecule has 12 nitrogen and oxygen atoms in total. The van der Waals surface area contributed by atoms with Crippen molar-refractivity contribution in [2.45, 2.75) is 46.4 Å². The van der Waals surface area contributed by atoms with E-state index < -0.39 is 10.1 Å². The van der Waals surface area contributed by atoms with Crippen molar-refractivity contribution in [1.29, 1.82) is 0 Å². The summed E-state index contributed by atoms with van der Waals surface area (Å²) in [6, 6.07) is 38.9. The van der Waals surface area contributed by atoms with Crippen molar-refractivity contribution < 1.29 is 27.0 Å². The fourth-order valence-corrected chi connectivity index (χ4v) is 8.89. The second-order valence-electron chi connectivity index (χ2n) is 15.7. The van der Waals surface area contributed by atoms with Crippen molar-refractivity contribution in [3.05, 3.63) is 172 Å². The van der Waals surface area contributed by atoms with Gasteiger partial charge in [-0.05, 0) is 130 Å². The van der Waals surface area contributed by atoms with Crippen LogP contribution < -0.4 is 31.9 Å². The van der Waals surface area contributed by atoms with E-state index in [0.29, 0.717) is 72.9 Å². The number of nitrogens with one attached hydrogen (secondary N) is 5. The van der Waals surface area contributed by atoms with E-state index in [9.17, 15) is 22.6 Å². The molecule has 1 aliphatic carbocycles. The summed E-state index contributed by atoms with van der Waals surface area (Å²) in [5.41, 5.74) is 11.8. The lowest BCUT2D eigenvalue weighted by molar-refractivity contribution is 0.261. The summed E-state index contributed by atoms with van der Waals surface area (Å²) in [4.78, 5) is 31.0. The molecule has 0 fully saturated rings. The van der Waals surface area contributed by atoms with Crippen LogP contribution in [-0.4, -0.2) is 25.0 Å². The minimum Gasteiger partial charge on any atom is -0.456 e. The Morgan fingerprint density at radius 1 is 0.547 bits per heavy atom. The number of rotatable bonds is 9. The van der Waals surface area contributed by atoms with Gasteiger partial charge in [-0.2, -0.15) is 8.42 Å². The van der Waals surface area contributed by atoms with E-state index in [1.165, 1.54) is 6.07 Å². The molecule has 1 heterocycles. The first-order valence-electron chi connectivity index (χ1n) is 20.5. The van der Waals surface area contributed by atoms with Gasteiger partial charge in [0, 0.05) is 57.0 Å². The van der Waals surface area contributed by atoms with E-state index in [-0.39, 0.29) is 17.0 Å². The summed E-state index contributed by atoms with van der Waals surface area (Å²) in [7, 11) is -4.63. The van der Waals surface area contributed by atoms with Crippen molar-refractivity contribution in [2.75, 3.05) is 26.6 Å². The molecule has 6 aromatic carbocycles. The van der Waals surface area contributed by atoms with Gasteiger partial charge in [0.2, 0.25) is 0 Å². The Morgan fingerprint density at radius 3 is 1.73 bits per heavy atom. The summed E-state index contributed by atoms with van der Waals surface area (Å²) in [6.07, 6.45) is 0. The number of fused-ring (bicyclic) bond motifs is 2. The van der Waals surface area contributed by atoms with Crippen LogP contribution in [-0.2, 0) is 10.1 Å². The number of urea groups is 2. The van der Waals surface area contributed by atoms with E-state index in [4.69, 9.17) is 9.41 Å². The standard InChI is InChI=1S/C51H46N6O6S/c1-29-25-31(3)48(56-50(58)54-35-15-9-7-10-16-35)33(5)46(29)52-37-21-23-39-42(27-37)63-43-28-38(22-24-40(43)45(39)41-19-13-14-20-44(41)64(60,61)62)53-47-30(2)26-32(4)49(34(47)6)57-51(59)55-36-17-11-8-12-18-36/h7-28,52H,1-6H3,(H2,54,56,58)(H2,55,57,59)(H,60,61,62)/b53-38+. The van der Waals surface area contributed by atoms with E-state index in [0.717, 1.165) is 39.1 Å². The molecular formula is C51H46N6O6S. The highest BCUT2D eigenvalue weighted by Gasteiger charge is 2.24. The van der Waals surface area contributed by atoms with Gasteiger partial charge >= 0.3 is 12.1 Å². The Morgan fingerprint density at radius 2 is 1.11 bits per heavy atom. The summed E-state index contributed by atoms with van der Waals surface area (Å²) in [5.74, 6) is 0.410. The van der Waals surface area contributed by atoms with Crippen LogP contribution in [0.25, 0.3) is 33.4 Å². The Bertz CT molecular complexity index is 3280. The molecule has 13 heteroatoms. The van der Waals surface area contributed by atoms with Gasteiger partial charge in [-0.25, -0.2) is 14.6 Å². The van der Waals surface area contributed by atoms with Gasteiger partial charge in [-0.3, -0.25) is 4.55 Å². The van der Waals surface area contributed by atoms with E-state index >= 15 is 0 Å². The molecule has 0 radical (unpaired) electrons. The van der Waals surface area contributed by atoms with Crippen LogP contribution in [0, 0.1) is 41.5 Å². The van der Waals surface area contributed by atoms with Crippen LogP contribution >= 0.6 is 0 Å². The smallest absolute Gasteiger partial charge is 0.323 e. The zero-order chi connectivity index (χ0) is 45.3. The van der Waals surface area contributed by atoms with Gasteiger partial charge in [-0.1, -0.05) is 66.7 Å². The number of anilines is 6. The highest BCUT2D eigenvalue weighted by Crippen LogP contribution is 2.44. The van der Waals surface area contributed by atoms with Crippen LogP contribution in [0.2, 0.25) is 0 Å². The molecule has 8 rings (SSSR count). The number of benzene rings is 7. The number of para-hydroxylation sites is 2. The molecule has 0 saturated heterocycles. The predicted octanol–water partition coefficient (Wildman–Crippen LogP) is 12.6. The lowest BCUT2D eigenvalue weighted by Gasteiger charge is -2.21. The van der Waals surface area contributed by atoms with Crippen molar-refractivity contribution in [1.82, 2.24) is 0 Å². The third kappa shape index (κ3) is 8.93. The lowest BCUT2D eigenvalue weighted by atomic mass is 9.93. The molecule has 0 bridgehead atoms. The molecule has 64 heavy (non-hydrogen) atoms. The Labute approximate surface area is 371 Å². The molecule has 4 amide bonds. The maximum atomic E-state index is 13.1. The third-order valence-corrected chi connectivity index (χ3v) is 12.0. The van der Waals surface area contributed by atoms with Crippen molar-refractivity contribution in [2.24, 2.45) is 4.99 Å².